The molecule has 5 atom stereocenters. The monoisotopic (exact) mass is 1860 g/mol. The van der Waals surface area contributed by atoms with E-state index in [0.29, 0.717) is 84.5 Å². The van der Waals surface area contributed by atoms with Crippen LogP contribution in [0.2, 0.25) is 0 Å². The Hall–Kier alpha value is -9.15. The van der Waals surface area contributed by atoms with Gasteiger partial charge in [-0.3, -0.25) is 24.5 Å². The normalized spacial score (nSPS) is 31.7. The Labute approximate surface area is 887 Å². The van der Waals surface area contributed by atoms with E-state index in [1.54, 1.807) is 36.3 Å². The average Bonchev–Trinajstić information content (AvgIpc) is 0.640. The molecule has 5 unspecified atom stereocenters. The number of rotatable bonds is 40. The van der Waals surface area contributed by atoms with Crippen molar-refractivity contribution < 1.29 is 171 Å². The van der Waals surface area contributed by atoms with Crippen molar-refractivity contribution in [2.24, 2.45) is 29.5 Å². The Morgan fingerprint density at radius 3 is 0.823 bits per heavy atom. The summed E-state index contributed by atoms with van der Waals surface area (Å²) in [6.07, 6.45) is -32.3. The summed E-state index contributed by atoms with van der Waals surface area (Å²) in [5.41, 5.74) is -17.5. The topological polar surface area (TPSA) is 249 Å². The summed E-state index contributed by atoms with van der Waals surface area (Å²) in [6.45, 7) is -43.4. The van der Waals surface area contributed by atoms with E-state index in [4.69, 9.17) is 142 Å². The minimum Gasteiger partial charge on any atom is -0.450 e. The molecule has 5 N–H and O–H groups in total. The van der Waals surface area contributed by atoms with Crippen molar-refractivity contribution in [1.82, 2.24) is 24.5 Å². The van der Waals surface area contributed by atoms with Crippen LogP contribution in [-0.2, 0) is 75.7 Å². The van der Waals surface area contributed by atoms with E-state index in [1.165, 1.54) is 18.2 Å². The van der Waals surface area contributed by atoms with Gasteiger partial charge >= 0.3 is 29.8 Å². The van der Waals surface area contributed by atoms with Gasteiger partial charge in [-0.15, -0.1) is 0 Å². The second-order valence-corrected chi connectivity index (χ2v) is 27.3. The number of aliphatic hydroxyl groups is 5. The third-order valence-electron chi connectivity index (χ3n) is 19.6. The zero-order chi connectivity index (χ0) is 160. The molecular formula is C110H155N5O15. The maximum Gasteiger partial charge on any atom is 0.344 e. The Morgan fingerprint density at radius 1 is 0.338 bits per heavy atom. The minimum absolute atomic E-state index is 0.144. The molecule has 10 rings (SSSR count). The van der Waals surface area contributed by atoms with Gasteiger partial charge in [-0.05, 0) is 157 Å². The zero-order valence-electron chi connectivity index (χ0n) is 148. The predicted octanol–water partition coefficient (Wildman–Crippen LogP) is 16.7. The van der Waals surface area contributed by atoms with Gasteiger partial charge in [-0.25, -0.2) is 24.0 Å². The maximum atomic E-state index is 14.1. The van der Waals surface area contributed by atoms with E-state index in [2.05, 4.69) is 45.7 Å². The number of ether oxygens (including phenoxy) is 5. The summed E-state index contributed by atoms with van der Waals surface area (Å²) in [6, 6.07) is 0.260. The molecule has 5 aromatic rings. The van der Waals surface area contributed by atoms with Gasteiger partial charge in [-0.2, -0.15) is 0 Å². The van der Waals surface area contributed by atoms with Crippen LogP contribution in [0.1, 0.15) is 354 Å². The fourth-order valence-electron chi connectivity index (χ4n) is 12.9. The van der Waals surface area contributed by atoms with Gasteiger partial charge in [0.15, 0.2) is 61.0 Å². The first-order chi connectivity index (χ1) is 92.7. The molecule has 130 heavy (non-hydrogen) atoms. The van der Waals surface area contributed by atoms with E-state index >= 15 is 0 Å². The first kappa shape index (κ1) is 42.6. The average molecular weight is 1860 g/mol. The summed E-state index contributed by atoms with van der Waals surface area (Å²) in [7, 11) is 0. The van der Waals surface area contributed by atoms with E-state index in [9.17, 15) is 25.3 Å². The van der Waals surface area contributed by atoms with Crippen LogP contribution in [0.15, 0.2) is 151 Å². The molecule has 0 amide bonds. The van der Waals surface area contributed by atoms with Crippen molar-refractivity contribution in [2.45, 2.75) is 257 Å². The highest BCUT2D eigenvalue weighted by Gasteiger charge is 2.52. The van der Waals surface area contributed by atoms with E-state index in [0.717, 1.165) is 85.8 Å². The molecule has 710 valence electrons. The summed E-state index contributed by atoms with van der Waals surface area (Å²) in [5.74, 6) is 2.43. The molecule has 5 aliphatic carbocycles. The predicted molar refractivity (Wildman–Crippen MR) is 517 cm³/mol. The van der Waals surface area contributed by atoms with Gasteiger partial charge in [0.25, 0.3) is 0 Å². The molecule has 5 aliphatic rings. The molecule has 5 saturated carbocycles. The molecule has 5 aromatic carbocycles. The smallest absolute Gasteiger partial charge is 0.344 e. The number of hydrogen-bond donors (Lipinski definition) is 5. The molecular weight excluding hydrogens is 1630 g/mol. The second kappa shape index (κ2) is 61.5. The summed E-state index contributed by atoms with van der Waals surface area (Å²) >= 11 is 0. The van der Waals surface area contributed by atoms with Crippen LogP contribution in [0, 0.1) is 88.7 Å². The molecule has 20 heteroatoms. The van der Waals surface area contributed by atoms with E-state index < -0.39 is 416 Å². The van der Waals surface area contributed by atoms with Crippen LogP contribution < -0.4 is 0 Å². The largest absolute Gasteiger partial charge is 0.450 e. The van der Waals surface area contributed by atoms with E-state index in [-0.39, 0.29) is 15.7 Å². The van der Waals surface area contributed by atoms with Gasteiger partial charge in [0.2, 0.25) is 7.16 Å². The Bertz CT molecular complexity index is 7890. The first-order valence-corrected chi connectivity index (χ1v) is 40.5. The maximum absolute atomic E-state index is 14.1. The van der Waals surface area contributed by atoms with Gasteiger partial charge < -0.3 is 49.2 Å². The molecule has 20 nitrogen and oxygen atoms in total. The Morgan fingerprint density at radius 2 is 0.569 bits per heavy atom. The van der Waals surface area contributed by atoms with Crippen LogP contribution in [-0.4, -0.2) is 218 Å². The van der Waals surface area contributed by atoms with Crippen LogP contribution in [0.5, 0.6) is 0 Å². The minimum atomic E-state index is -4.68. The van der Waals surface area contributed by atoms with Gasteiger partial charge in [0, 0.05) is 92.6 Å². The lowest BCUT2D eigenvalue weighted by molar-refractivity contribution is -0.174. The Balaban J connectivity index is 0.000000389. The van der Waals surface area contributed by atoms with Gasteiger partial charge in [0.05, 0.1) is 66.8 Å². The SMILES string of the molecule is [2H]OC(C(=O)OCC#CC([2H])([2H])N(C([2H])([2H])C)C([2H])([2H])C)(c1c([2H])c([2H])c([2H])c([2H])c1[2H])C1CCCCC1.[2H]OC(C(=O)OCC#CC([2H])([2H])N(C([2H])([2H])C)C([2H])([2H])C)(c1ccccc1)C1([2H])C([2H])([2H])C([2H])([2H])C([2H])([2H])C([2H])([2H])C1([2H])[2H].[2H]OC(C(=O)OCC#CC([2H])([2H])N(C([2H])([2H])C)C([2H])([2H])C)(c1ccccc1)C1CCCCC1.[2H]OC(C(=O)OCC#CC([2H])([2H])N(CC([2H])([2H])[2H])CC([2H])([2H])[2H])(c1c([2H])c([2H])c([2H])c([2H])c1[2H])C1([2H])C([2H])([2H])C([2H])([2H])C([2H])([2H])C([2H])([2H])C1([2H])[2H].[2H]OC(C(=O)OCC#CC([2H])([2H])N(CC([2H])([2H])[2H])CC([2H])([2H])[2H])(c1c([2H])c([2H])c([2H])c([2H])c1[2H])C1CCCCC1. The van der Waals surface area contributed by atoms with Crippen molar-refractivity contribution >= 4 is 29.8 Å². The molecule has 0 bridgehead atoms. The van der Waals surface area contributed by atoms with Crippen LogP contribution in [0.3, 0.4) is 0 Å². The second-order valence-electron chi connectivity index (χ2n) is 27.3. The molecule has 5 fully saturated rings. The molecule has 0 aromatic heterocycles. The van der Waals surface area contributed by atoms with Crippen LogP contribution in [0.25, 0.3) is 0 Å². The van der Waals surface area contributed by atoms with Crippen molar-refractivity contribution in [3.63, 3.8) is 0 Å². The highest BCUT2D eigenvalue weighted by atomic mass is 16.6. The molecule has 0 aliphatic heterocycles. The number of benzene rings is 5. The van der Waals surface area contributed by atoms with Gasteiger partial charge in [-0.1, -0.05) is 375 Å². The third kappa shape index (κ3) is 33.8. The van der Waals surface area contributed by atoms with Crippen molar-refractivity contribution in [2.75, 3.05) is 131 Å². The van der Waals surface area contributed by atoms with Crippen molar-refractivity contribution in [3.05, 3.63) is 179 Å². The molecule has 0 spiro atoms. The summed E-state index contributed by atoms with van der Waals surface area (Å²) < 4.78 is 635. The number of esters is 5. The van der Waals surface area contributed by atoms with Gasteiger partial charge in [0.1, 0.15) is 0 Å². The fourth-order valence-corrected chi connectivity index (χ4v) is 12.9. The lowest BCUT2D eigenvalue weighted by Gasteiger charge is -2.36. The number of carbonyl (C=O) groups excluding carboxylic acids is 5. The standard InChI is InChI=1S/5C22H31NO3/c5*1-3-23(4-2)17-11-12-18-26-21(24)22(25,19-13-7-5-8-14-19)20-15-9-6-10-16-20/h5*5,7-8,13-14,20,25H,3-4,6,9-10,15-18H2,1-2H3/i1D3,2D3,5D,6D2,7D,8D,9D2,10D2,13D,14D,15D2,16D2,17D2,20D,25D;3D2,4D2,6D2,9D2,10D2,15D2,16D2,17D2,20D,25D;3D2,4D2,5D,7D,8D,13D,14D,17D2,25D;1D3,2D3,5D,7D,8D,13D,14D,17D2,25D;3D2,4D2,17D2,25D. The highest BCUT2D eigenvalue weighted by molar-refractivity contribution is 5.84. The van der Waals surface area contributed by atoms with Crippen molar-refractivity contribution in [3.8, 4) is 59.2 Å². The van der Waals surface area contributed by atoms with E-state index in [1.807, 2.05) is 17.8 Å². The third-order valence-corrected chi connectivity index (χ3v) is 19.6. The zero-order valence-corrected chi connectivity index (χ0v) is 72.3. The molecule has 0 saturated heterocycles. The summed E-state index contributed by atoms with van der Waals surface area (Å²) in [4.78, 5) is 69.7. The fraction of sp³-hybridized carbons (Fsp3) is 0.591. The number of carbonyl (C=O) groups is 5. The van der Waals surface area contributed by atoms with Crippen LogP contribution >= 0.6 is 0 Å². The highest BCUT2D eigenvalue weighted by Crippen LogP contribution is 2.46. The molecule has 0 radical (unpaired) electrons. The number of nitrogens with zero attached hydrogens (tertiary/aromatic N) is 5. The Kier molecular flexibility index (Phi) is 20.2. The first-order valence-electron chi connectivity index (χ1n) is 78.1. The van der Waals surface area contributed by atoms with Crippen molar-refractivity contribution in [1.29, 1.82) is 7.16 Å². The van der Waals surface area contributed by atoms with Crippen LogP contribution in [0.4, 0.5) is 0 Å². The lowest BCUT2D eigenvalue weighted by atomic mass is 9.73. The number of hydrogen-bond acceptors (Lipinski definition) is 20. The summed E-state index contributed by atoms with van der Waals surface area (Å²) in [5, 5.41) is 24.0. The molecule has 0 heterocycles. The lowest BCUT2D eigenvalue weighted by Crippen LogP contribution is -2.45. The quantitative estimate of drug-likeness (QED) is 0.0139.